The topological polar surface area (TPSA) is 38.4 Å². The van der Waals surface area contributed by atoms with Crippen LogP contribution >= 0.6 is 0 Å². The lowest BCUT2D eigenvalue weighted by molar-refractivity contribution is 0.0904. The number of hydrogen-bond donors (Lipinski definition) is 1. The molecule has 0 spiro atoms. The summed E-state index contributed by atoms with van der Waals surface area (Å²) in [5, 5.41) is 0. The Morgan fingerprint density at radius 1 is 1.00 bits per heavy atom. The lowest BCUT2D eigenvalue weighted by Crippen LogP contribution is -2.46. The number of H-pyrrole nitrogens is 1. The number of imidazole rings is 1. The number of hydrogen-bond acceptors (Lipinski definition) is 4. The van der Waals surface area contributed by atoms with Crippen LogP contribution in [0.1, 0.15) is 63.6 Å². The van der Waals surface area contributed by atoms with Crippen molar-refractivity contribution in [2.24, 2.45) is 5.92 Å². The van der Waals surface area contributed by atoms with Gasteiger partial charge in [-0.1, -0.05) is 19.3 Å². The second-order valence-corrected chi connectivity index (χ2v) is 9.11. The molecule has 0 amide bonds. The molecule has 152 valence electrons. The van der Waals surface area contributed by atoms with Crippen molar-refractivity contribution in [2.75, 3.05) is 45.8 Å². The molecule has 3 aliphatic rings. The van der Waals surface area contributed by atoms with Gasteiger partial charge in [-0.3, -0.25) is 4.90 Å². The van der Waals surface area contributed by atoms with E-state index in [-0.39, 0.29) is 0 Å². The zero-order valence-electron chi connectivity index (χ0n) is 17.1. The van der Waals surface area contributed by atoms with E-state index in [1.807, 2.05) is 12.4 Å². The Bertz CT molecular complexity index is 519. The predicted octanol–water partition coefficient (Wildman–Crippen LogP) is 3.35. The van der Waals surface area contributed by atoms with Gasteiger partial charge >= 0.3 is 0 Å². The number of piperidine rings is 2. The van der Waals surface area contributed by atoms with Crippen LogP contribution in [0.15, 0.2) is 12.4 Å². The van der Waals surface area contributed by atoms with Crippen LogP contribution in [0.3, 0.4) is 0 Å². The summed E-state index contributed by atoms with van der Waals surface area (Å²) in [5.41, 5.74) is 0. The first-order chi connectivity index (χ1) is 13.4. The maximum Gasteiger partial charge on any atom is 0.120 e. The van der Waals surface area contributed by atoms with E-state index in [0.29, 0.717) is 0 Å². The molecule has 0 unspecified atom stereocenters. The SMILES string of the molecule is c1c[nH]c(CN(CCN2CCCCC2)C[C@H]2CCCN(C3CCCC3)C2)n1. The van der Waals surface area contributed by atoms with Crippen LogP contribution in [0.25, 0.3) is 0 Å². The molecular formula is C22H39N5. The van der Waals surface area contributed by atoms with Crippen molar-refractivity contribution in [3.8, 4) is 0 Å². The van der Waals surface area contributed by atoms with Gasteiger partial charge in [0.05, 0.1) is 6.54 Å². The number of nitrogens with zero attached hydrogens (tertiary/aromatic N) is 4. The zero-order chi connectivity index (χ0) is 18.3. The van der Waals surface area contributed by atoms with Gasteiger partial charge < -0.3 is 14.8 Å². The van der Waals surface area contributed by atoms with Crippen LogP contribution in [0.5, 0.6) is 0 Å². The highest BCUT2D eigenvalue weighted by atomic mass is 15.2. The average Bonchev–Trinajstić information content (AvgIpc) is 3.41. The molecule has 0 radical (unpaired) electrons. The van der Waals surface area contributed by atoms with E-state index in [0.717, 1.165) is 24.3 Å². The quantitative estimate of drug-likeness (QED) is 0.758. The van der Waals surface area contributed by atoms with E-state index in [4.69, 9.17) is 0 Å². The van der Waals surface area contributed by atoms with Crippen LogP contribution in [-0.4, -0.2) is 76.5 Å². The molecule has 1 aromatic heterocycles. The molecule has 1 saturated carbocycles. The maximum atomic E-state index is 4.50. The fraction of sp³-hybridized carbons (Fsp3) is 0.864. The largest absolute Gasteiger partial charge is 0.348 e. The molecule has 1 aromatic rings. The van der Waals surface area contributed by atoms with E-state index in [1.165, 1.54) is 104 Å². The van der Waals surface area contributed by atoms with E-state index >= 15 is 0 Å². The zero-order valence-corrected chi connectivity index (χ0v) is 17.1. The molecule has 3 fully saturated rings. The molecule has 5 nitrogen and oxygen atoms in total. The highest BCUT2D eigenvalue weighted by Crippen LogP contribution is 2.28. The molecule has 27 heavy (non-hydrogen) atoms. The maximum absolute atomic E-state index is 4.50. The van der Waals surface area contributed by atoms with Crippen LogP contribution in [0, 0.1) is 5.92 Å². The highest BCUT2D eigenvalue weighted by molar-refractivity contribution is 4.89. The van der Waals surface area contributed by atoms with Crippen molar-refractivity contribution in [1.82, 2.24) is 24.7 Å². The Hall–Kier alpha value is -0.910. The van der Waals surface area contributed by atoms with Crippen molar-refractivity contribution < 1.29 is 0 Å². The highest BCUT2D eigenvalue weighted by Gasteiger charge is 2.29. The molecule has 2 saturated heterocycles. The fourth-order valence-corrected chi connectivity index (χ4v) is 5.51. The summed E-state index contributed by atoms with van der Waals surface area (Å²) in [6.07, 6.45) is 16.6. The van der Waals surface area contributed by atoms with Crippen molar-refractivity contribution in [1.29, 1.82) is 0 Å². The Kier molecular flexibility index (Phi) is 7.21. The monoisotopic (exact) mass is 373 g/mol. The summed E-state index contributed by atoms with van der Waals surface area (Å²) >= 11 is 0. The lowest BCUT2D eigenvalue weighted by atomic mass is 9.95. The summed E-state index contributed by atoms with van der Waals surface area (Å²) in [5.74, 6) is 1.95. The van der Waals surface area contributed by atoms with Crippen molar-refractivity contribution in [2.45, 2.75) is 70.4 Å². The third-order valence-corrected chi connectivity index (χ3v) is 7.02. The molecule has 5 heteroatoms. The first-order valence-electron chi connectivity index (χ1n) is 11.5. The van der Waals surface area contributed by atoms with Crippen molar-refractivity contribution in [3.05, 3.63) is 18.2 Å². The average molecular weight is 374 g/mol. The number of aromatic amines is 1. The van der Waals surface area contributed by atoms with Gasteiger partial charge in [0.1, 0.15) is 5.82 Å². The minimum absolute atomic E-state index is 0.829. The van der Waals surface area contributed by atoms with Crippen LogP contribution < -0.4 is 0 Å². The van der Waals surface area contributed by atoms with Crippen LogP contribution in [0.2, 0.25) is 0 Å². The van der Waals surface area contributed by atoms with Gasteiger partial charge in [0.2, 0.25) is 0 Å². The first kappa shape index (κ1) is 19.4. The molecule has 1 N–H and O–H groups in total. The Labute approximate surface area is 165 Å². The molecule has 3 heterocycles. The van der Waals surface area contributed by atoms with Crippen molar-refractivity contribution >= 4 is 0 Å². The second kappa shape index (κ2) is 10.0. The third-order valence-electron chi connectivity index (χ3n) is 7.02. The number of likely N-dealkylation sites (tertiary alicyclic amines) is 2. The predicted molar refractivity (Wildman–Crippen MR) is 111 cm³/mol. The van der Waals surface area contributed by atoms with E-state index in [9.17, 15) is 0 Å². The van der Waals surface area contributed by atoms with Crippen LogP contribution in [0.4, 0.5) is 0 Å². The summed E-state index contributed by atoms with van der Waals surface area (Å²) in [4.78, 5) is 16.0. The molecule has 1 atom stereocenters. The summed E-state index contributed by atoms with van der Waals surface area (Å²) in [6.45, 7) is 9.87. The standard InChI is InChI=1S/C22H39N5/c1-4-12-25(13-5-1)15-16-26(19-22-23-10-11-24-22)17-20-7-6-14-27(18-20)21-8-2-3-9-21/h10-11,20-21H,1-9,12-19H2,(H,23,24)/t20-/m1/s1. The molecule has 0 bridgehead atoms. The van der Waals surface area contributed by atoms with E-state index in [1.54, 1.807) is 0 Å². The number of nitrogens with one attached hydrogen (secondary N) is 1. The van der Waals surface area contributed by atoms with Crippen LogP contribution in [-0.2, 0) is 6.54 Å². The van der Waals surface area contributed by atoms with Gasteiger partial charge in [-0.25, -0.2) is 4.98 Å². The van der Waals surface area contributed by atoms with Gasteiger partial charge in [0.15, 0.2) is 0 Å². The Morgan fingerprint density at radius 3 is 2.63 bits per heavy atom. The molecule has 1 aliphatic carbocycles. The number of aromatic nitrogens is 2. The molecule has 2 aliphatic heterocycles. The molecular weight excluding hydrogens is 334 g/mol. The Balaban J connectivity index is 1.31. The summed E-state index contributed by atoms with van der Waals surface area (Å²) in [6, 6.07) is 0.889. The first-order valence-corrected chi connectivity index (χ1v) is 11.5. The third kappa shape index (κ3) is 5.78. The minimum atomic E-state index is 0.829. The van der Waals surface area contributed by atoms with Gasteiger partial charge in [0, 0.05) is 44.6 Å². The second-order valence-electron chi connectivity index (χ2n) is 9.11. The molecule has 4 rings (SSSR count). The lowest BCUT2D eigenvalue weighted by Gasteiger charge is -2.39. The van der Waals surface area contributed by atoms with Gasteiger partial charge in [-0.15, -0.1) is 0 Å². The van der Waals surface area contributed by atoms with E-state index in [2.05, 4.69) is 24.7 Å². The summed E-state index contributed by atoms with van der Waals surface area (Å²) in [7, 11) is 0. The molecule has 0 aromatic carbocycles. The summed E-state index contributed by atoms with van der Waals surface area (Å²) < 4.78 is 0. The van der Waals surface area contributed by atoms with Crippen molar-refractivity contribution in [3.63, 3.8) is 0 Å². The Morgan fingerprint density at radius 2 is 1.85 bits per heavy atom. The van der Waals surface area contributed by atoms with E-state index < -0.39 is 0 Å². The number of rotatable bonds is 8. The van der Waals surface area contributed by atoms with Gasteiger partial charge in [-0.05, 0) is 64.1 Å². The minimum Gasteiger partial charge on any atom is -0.348 e. The fourth-order valence-electron chi connectivity index (χ4n) is 5.51. The van der Waals surface area contributed by atoms with Gasteiger partial charge in [0.25, 0.3) is 0 Å². The smallest absolute Gasteiger partial charge is 0.120 e. The van der Waals surface area contributed by atoms with Gasteiger partial charge in [-0.2, -0.15) is 0 Å². The normalized spacial score (nSPS) is 26.2.